The van der Waals surface area contributed by atoms with Gasteiger partial charge in [-0.05, 0) is 54.4 Å². The smallest absolute Gasteiger partial charge is 0.268 e. The lowest BCUT2D eigenvalue weighted by Gasteiger charge is -2.10. The Morgan fingerprint density at radius 2 is 2.06 bits per heavy atom. The Morgan fingerprint density at radius 3 is 2.88 bits per heavy atom. The molecule has 1 amide bonds. The van der Waals surface area contributed by atoms with Gasteiger partial charge in [0.05, 0.1) is 11.6 Å². The molecule has 0 aromatic carbocycles. The molecule has 8 nitrogen and oxygen atoms in total. The van der Waals surface area contributed by atoms with Crippen LogP contribution in [-0.2, 0) is 13.1 Å². The van der Waals surface area contributed by atoms with Crippen molar-refractivity contribution in [1.29, 1.82) is 0 Å². The zero-order valence-electron chi connectivity index (χ0n) is 17.5. The molecule has 0 fully saturated rings. The summed E-state index contributed by atoms with van der Waals surface area (Å²) >= 11 is 0. The maximum Gasteiger partial charge on any atom is 0.268 e. The lowest BCUT2D eigenvalue weighted by Crippen LogP contribution is -2.25. The quantitative estimate of drug-likeness (QED) is 0.446. The first kappa shape index (κ1) is 19.7. The van der Waals surface area contributed by atoms with Crippen LogP contribution in [0.1, 0.15) is 29.4 Å². The fourth-order valence-corrected chi connectivity index (χ4v) is 3.81. The second-order valence-electron chi connectivity index (χ2n) is 7.47. The van der Waals surface area contributed by atoms with E-state index in [2.05, 4.69) is 15.3 Å². The first-order chi connectivity index (χ1) is 15.7. The van der Waals surface area contributed by atoms with Gasteiger partial charge in [0, 0.05) is 25.5 Å². The number of aryl methyl sites for hydroxylation is 1. The minimum Gasteiger partial charge on any atom is -0.463 e. The summed E-state index contributed by atoms with van der Waals surface area (Å²) in [6.45, 7) is 2.92. The van der Waals surface area contributed by atoms with E-state index in [0.29, 0.717) is 46.9 Å². The minimum atomic E-state index is -0.263. The van der Waals surface area contributed by atoms with Crippen molar-refractivity contribution in [3.05, 3.63) is 88.8 Å². The van der Waals surface area contributed by atoms with Crippen LogP contribution in [0.3, 0.4) is 0 Å². The Balaban J connectivity index is 1.47. The molecule has 0 spiro atoms. The van der Waals surface area contributed by atoms with Gasteiger partial charge in [-0.2, -0.15) is 0 Å². The van der Waals surface area contributed by atoms with Gasteiger partial charge in [0.25, 0.3) is 11.5 Å². The summed E-state index contributed by atoms with van der Waals surface area (Å²) < 4.78 is 8.71. The Morgan fingerprint density at radius 1 is 1.16 bits per heavy atom. The second-order valence-corrected chi connectivity index (χ2v) is 7.47. The standard InChI is InChI=1S/C24H21N5O3/c1-2-10-28-19(14-17-22(28)27-21-7-3-4-11-29(21)24(17)31)23(30)26-15-16-8-9-25-18(13-16)20-6-5-12-32-20/h3-9,11-14H,2,10,15H2,1H3,(H,26,30). The van der Waals surface area contributed by atoms with Crippen LogP contribution in [0.2, 0.25) is 0 Å². The van der Waals surface area contributed by atoms with Crippen molar-refractivity contribution in [2.24, 2.45) is 0 Å². The molecule has 0 atom stereocenters. The number of nitrogens with zero attached hydrogens (tertiary/aromatic N) is 4. The highest BCUT2D eigenvalue weighted by Crippen LogP contribution is 2.19. The van der Waals surface area contributed by atoms with Gasteiger partial charge in [0.15, 0.2) is 5.76 Å². The van der Waals surface area contributed by atoms with Crippen LogP contribution >= 0.6 is 0 Å². The van der Waals surface area contributed by atoms with Crippen molar-refractivity contribution in [3.63, 3.8) is 0 Å². The number of carbonyl (C=O) groups excluding carboxylic acids is 1. The number of hydrogen-bond acceptors (Lipinski definition) is 5. The zero-order valence-corrected chi connectivity index (χ0v) is 17.5. The first-order valence-electron chi connectivity index (χ1n) is 10.4. The largest absolute Gasteiger partial charge is 0.463 e. The summed E-state index contributed by atoms with van der Waals surface area (Å²) in [7, 11) is 0. The molecule has 0 unspecified atom stereocenters. The molecule has 5 heterocycles. The van der Waals surface area contributed by atoms with Crippen LogP contribution in [0, 0.1) is 0 Å². The zero-order chi connectivity index (χ0) is 22.1. The fraction of sp³-hybridized carbons (Fsp3) is 0.167. The summed E-state index contributed by atoms with van der Waals surface area (Å²) in [6, 6.07) is 14.4. The van der Waals surface area contributed by atoms with E-state index in [-0.39, 0.29) is 11.5 Å². The molecule has 0 aliphatic carbocycles. The monoisotopic (exact) mass is 427 g/mol. The van der Waals surface area contributed by atoms with E-state index in [9.17, 15) is 9.59 Å². The molecule has 5 aromatic heterocycles. The molecular formula is C24H21N5O3. The number of fused-ring (bicyclic) bond motifs is 2. The van der Waals surface area contributed by atoms with Crippen molar-refractivity contribution >= 4 is 22.6 Å². The minimum absolute atomic E-state index is 0.188. The van der Waals surface area contributed by atoms with Crippen molar-refractivity contribution in [3.8, 4) is 11.5 Å². The lowest BCUT2D eigenvalue weighted by molar-refractivity contribution is 0.0942. The highest BCUT2D eigenvalue weighted by Gasteiger charge is 2.19. The molecule has 8 heteroatoms. The number of hydrogen-bond donors (Lipinski definition) is 1. The first-order valence-corrected chi connectivity index (χ1v) is 10.4. The van der Waals surface area contributed by atoms with E-state index >= 15 is 0 Å². The molecule has 0 saturated carbocycles. The van der Waals surface area contributed by atoms with Gasteiger partial charge in [-0.1, -0.05) is 13.0 Å². The summed E-state index contributed by atoms with van der Waals surface area (Å²) in [4.78, 5) is 35.0. The van der Waals surface area contributed by atoms with E-state index in [1.807, 2.05) is 35.8 Å². The number of amides is 1. The average Bonchev–Trinajstić information content (AvgIpc) is 3.48. The molecule has 32 heavy (non-hydrogen) atoms. The summed E-state index contributed by atoms with van der Waals surface area (Å²) in [5, 5.41) is 3.38. The van der Waals surface area contributed by atoms with Crippen LogP contribution in [0.15, 0.2) is 76.4 Å². The van der Waals surface area contributed by atoms with Gasteiger partial charge >= 0.3 is 0 Å². The number of furan rings is 1. The van der Waals surface area contributed by atoms with Crippen LogP contribution in [0.25, 0.3) is 28.1 Å². The fourth-order valence-electron chi connectivity index (χ4n) is 3.81. The van der Waals surface area contributed by atoms with Crippen LogP contribution < -0.4 is 10.9 Å². The van der Waals surface area contributed by atoms with Crippen molar-refractivity contribution < 1.29 is 9.21 Å². The van der Waals surface area contributed by atoms with E-state index in [4.69, 9.17) is 4.42 Å². The van der Waals surface area contributed by atoms with E-state index in [1.54, 1.807) is 42.9 Å². The lowest BCUT2D eigenvalue weighted by atomic mass is 10.2. The molecule has 1 N–H and O–H groups in total. The number of rotatable bonds is 6. The Labute approximate surface area is 183 Å². The molecule has 5 rings (SSSR count). The highest BCUT2D eigenvalue weighted by atomic mass is 16.3. The van der Waals surface area contributed by atoms with Gasteiger partial charge in [-0.3, -0.25) is 19.0 Å². The van der Waals surface area contributed by atoms with Gasteiger partial charge in [-0.15, -0.1) is 0 Å². The molecule has 0 bridgehead atoms. The third kappa shape index (κ3) is 3.45. The molecule has 0 aliphatic heterocycles. The van der Waals surface area contributed by atoms with Crippen molar-refractivity contribution in [2.75, 3.05) is 0 Å². The second kappa shape index (κ2) is 8.14. The summed E-state index contributed by atoms with van der Waals surface area (Å²) in [6.07, 6.45) is 5.76. The molecule has 0 saturated heterocycles. The van der Waals surface area contributed by atoms with Gasteiger partial charge in [0.2, 0.25) is 0 Å². The van der Waals surface area contributed by atoms with E-state index < -0.39 is 0 Å². The van der Waals surface area contributed by atoms with Crippen LogP contribution in [-0.4, -0.2) is 24.8 Å². The Hall–Kier alpha value is -4.20. The number of nitrogens with one attached hydrogen (secondary N) is 1. The third-order valence-electron chi connectivity index (χ3n) is 5.31. The third-order valence-corrected chi connectivity index (χ3v) is 5.31. The number of pyridine rings is 2. The maximum absolute atomic E-state index is 13.1. The van der Waals surface area contributed by atoms with Crippen LogP contribution in [0.5, 0.6) is 0 Å². The van der Waals surface area contributed by atoms with E-state index in [0.717, 1.165) is 12.0 Å². The highest BCUT2D eigenvalue weighted by molar-refractivity contribution is 5.98. The SMILES string of the molecule is CCCn1c(C(=O)NCc2ccnc(-c3ccco3)c2)cc2c(=O)n3ccccc3nc21. The van der Waals surface area contributed by atoms with E-state index in [1.165, 1.54) is 4.40 Å². The van der Waals surface area contributed by atoms with Crippen LogP contribution in [0.4, 0.5) is 0 Å². The average molecular weight is 427 g/mol. The Bertz CT molecular complexity index is 1480. The number of carbonyl (C=O) groups is 1. The molecule has 5 aromatic rings. The number of aromatic nitrogens is 4. The maximum atomic E-state index is 13.1. The van der Waals surface area contributed by atoms with Crippen molar-refractivity contribution in [2.45, 2.75) is 26.4 Å². The summed E-state index contributed by atoms with van der Waals surface area (Å²) in [5.74, 6) is 0.404. The molecule has 160 valence electrons. The molecule has 0 radical (unpaired) electrons. The predicted molar refractivity (Wildman–Crippen MR) is 120 cm³/mol. The predicted octanol–water partition coefficient (Wildman–Crippen LogP) is 3.64. The Kier molecular flexibility index (Phi) is 5.03. The molecule has 0 aliphatic rings. The molecular weight excluding hydrogens is 406 g/mol. The topological polar surface area (TPSA) is 94.4 Å². The van der Waals surface area contributed by atoms with Gasteiger partial charge in [-0.25, -0.2) is 4.98 Å². The van der Waals surface area contributed by atoms with Gasteiger partial charge < -0.3 is 14.3 Å². The van der Waals surface area contributed by atoms with Crippen molar-refractivity contribution in [1.82, 2.24) is 24.3 Å². The van der Waals surface area contributed by atoms with Gasteiger partial charge in [0.1, 0.15) is 22.7 Å². The normalized spacial score (nSPS) is 11.3. The summed E-state index contributed by atoms with van der Waals surface area (Å²) in [5.41, 5.74) is 2.90.